The van der Waals surface area contributed by atoms with E-state index in [0.717, 1.165) is 5.82 Å². The van der Waals surface area contributed by atoms with Crippen molar-refractivity contribution in [3.63, 3.8) is 0 Å². The van der Waals surface area contributed by atoms with Crippen LogP contribution in [0.15, 0.2) is 0 Å². The summed E-state index contributed by atoms with van der Waals surface area (Å²) in [6.07, 6.45) is -0.267. The summed E-state index contributed by atoms with van der Waals surface area (Å²) in [5, 5.41) is 3.01. The first-order chi connectivity index (χ1) is 6.60. The van der Waals surface area contributed by atoms with Crippen LogP contribution in [0.3, 0.4) is 0 Å². The topological polar surface area (TPSA) is 43.1 Å². The van der Waals surface area contributed by atoms with Gasteiger partial charge in [0, 0.05) is 21.1 Å². The molecule has 0 aliphatic heterocycles. The lowest BCUT2D eigenvalue weighted by Crippen LogP contribution is -2.43. The predicted octanol–water partition coefficient (Wildman–Crippen LogP) is 0.298. The Balaban J connectivity index is 2.90. The number of H-pyrrole nitrogens is 1. The highest BCUT2D eigenvalue weighted by molar-refractivity contribution is 7.71. The van der Waals surface area contributed by atoms with Gasteiger partial charge in [0.05, 0.1) is 7.05 Å². The van der Waals surface area contributed by atoms with Gasteiger partial charge in [0.25, 0.3) is 0 Å². The van der Waals surface area contributed by atoms with Gasteiger partial charge in [-0.3, -0.25) is 0 Å². The molecule has 1 rings (SSSR count). The molecule has 1 aromatic heterocycles. The molecule has 0 spiro atoms. The first kappa shape index (κ1) is 11.4. The Morgan fingerprint density at radius 3 is 2.43 bits per heavy atom. The molecule has 1 N–H and O–H groups in total. The van der Waals surface area contributed by atoms with Gasteiger partial charge >= 0.3 is 4.77 Å². The molecule has 0 unspecified atom stereocenters. The number of hydrogen-bond donors (Lipinski definition) is 1. The summed E-state index contributed by atoms with van der Waals surface area (Å²) < 4.78 is 14.7. The highest BCUT2D eigenvalue weighted by Gasteiger charge is 2.16. The van der Waals surface area contributed by atoms with Gasteiger partial charge in [-0.25, -0.2) is 4.57 Å². The van der Waals surface area contributed by atoms with E-state index in [-0.39, 0.29) is 6.29 Å². The Labute approximate surface area is 88.2 Å². The molecule has 0 aliphatic rings. The van der Waals surface area contributed by atoms with Crippen LogP contribution in [-0.4, -0.2) is 30.3 Å². The van der Waals surface area contributed by atoms with E-state index < -0.39 is 0 Å². The molecular weight excluding hydrogens is 202 g/mol. The van der Waals surface area contributed by atoms with Gasteiger partial charge in [0.15, 0.2) is 6.29 Å². The number of ether oxygens (including phenoxy) is 2. The number of nitrogens with zero attached hydrogens (tertiary/aromatic N) is 2. The van der Waals surface area contributed by atoms with Crippen molar-refractivity contribution in [2.24, 2.45) is 7.05 Å². The Morgan fingerprint density at radius 2 is 2.07 bits per heavy atom. The second-order valence-electron chi connectivity index (χ2n) is 3.03. The van der Waals surface area contributed by atoms with Crippen LogP contribution < -0.4 is 4.57 Å². The van der Waals surface area contributed by atoms with Crippen LogP contribution in [0.4, 0.5) is 0 Å². The number of rotatable bonds is 4. The SMILES string of the molecule is COC(C[n+]1c(C)n(C)[nH]c1=S)OC. The van der Waals surface area contributed by atoms with Crippen LogP contribution in [0, 0.1) is 11.7 Å². The molecule has 0 atom stereocenters. The quantitative estimate of drug-likeness (QED) is 0.449. The molecule has 1 aromatic rings. The van der Waals surface area contributed by atoms with Crippen molar-refractivity contribution in [3.8, 4) is 0 Å². The molecule has 0 radical (unpaired) electrons. The van der Waals surface area contributed by atoms with E-state index >= 15 is 0 Å². The standard InChI is InChI=1S/C8H15N3O2S/c1-6-10(2)9-8(14)11(6)5-7(12-3)13-4/h7H,5H2,1-4H3/p+1. The van der Waals surface area contributed by atoms with Crippen molar-refractivity contribution in [1.29, 1.82) is 0 Å². The molecule has 5 nitrogen and oxygen atoms in total. The van der Waals surface area contributed by atoms with E-state index in [1.807, 2.05) is 23.2 Å². The summed E-state index contributed by atoms with van der Waals surface area (Å²) in [6, 6.07) is 0. The number of hydrogen-bond acceptors (Lipinski definition) is 3. The first-order valence-electron chi connectivity index (χ1n) is 4.31. The summed E-state index contributed by atoms with van der Waals surface area (Å²) in [6.45, 7) is 2.57. The van der Waals surface area contributed by atoms with Crippen molar-refractivity contribution < 1.29 is 14.0 Å². The largest absolute Gasteiger partial charge is 0.353 e. The Morgan fingerprint density at radius 1 is 1.50 bits per heavy atom. The maximum absolute atomic E-state index is 5.15. The van der Waals surface area contributed by atoms with Crippen LogP contribution in [0.5, 0.6) is 0 Å². The summed E-state index contributed by atoms with van der Waals surface area (Å²) in [5.41, 5.74) is 0. The molecule has 1 heterocycles. The molecular formula is C8H16N3O2S+. The zero-order valence-corrected chi connectivity index (χ0v) is 9.72. The van der Waals surface area contributed by atoms with E-state index in [4.69, 9.17) is 21.7 Å². The third-order valence-corrected chi connectivity index (χ3v) is 2.55. The molecule has 6 heteroatoms. The fourth-order valence-electron chi connectivity index (χ4n) is 1.22. The number of methoxy groups -OCH3 is 2. The van der Waals surface area contributed by atoms with Crippen LogP contribution in [0.2, 0.25) is 0 Å². The van der Waals surface area contributed by atoms with E-state index in [9.17, 15) is 0 Å². The third-order valence-electron chi connectivity index (χ3n) is 2.24. The van der Waals surface area contributed by atoms with Crippen LogP contribution in [0.1, 0.15) is 5.82 Å². The van der Waals surface area contributed by atoms with Crippen LogP contribution in [-0.2, 0) is 23.1 Å². The minimum absolute atomic E-state index is 0.267. The average molecular weight is 218 g/mol. The van der Waals surface area contributed by atoms with Crippen LogP contribution in [0.25, 0.3) is 0 Å². The second kappa shape index (κ2) is 4.68. The van der Waals surface area contributed by atoms with Gasteiger partial charge in [0.2, 0.25) is 5.82 Å². The summed E-state index contributed by atoms with van der Waals surface area (Å²) in [5.74, 6) is 1.04. The Hall–Kier alpha value is -0.720. The van der Waals surface area contributed by atoms with Gasteiger partial charge in [-0.2, -0.15) is 4.68 Å². The molecule has 0 saturated carbocycles. The van der Waals surface area contributed by atoms with E-state index in [1.54, 1.807) is 14.2 Å². The predicted molar refractivity (Wildman–Crippen MR) is 53.3 cm³/mol. The minimum atomic E-state index is -0.267. The van der Waals surface area contributed by atoms with Gasteiger partial charge in [-0.1, -0.05) is 0 Å². The summed E-state index contributed by atoms with van der Waals surface area (Å²) in [7, 11) is 5.13. The lowest BCUT2D eigenvalue weighted by atomic mass is 10.5. The first-order valence-corrected chi connectivity index (χ1v) is 4.72. The smallest absolute Gasteiger partial charge is 0.323 e. The van der Waals surface area contributed by atoms with E-state index in [1.165, 1.54) is 0 Å². The van der Waals surface area contributed by atoms with Crippen molar-refractivity contribution in [2.75, 3.05) is 14.2 Å². The normalized spacial score (nSPS) is 11.2. The number of aromatic nitrogens is 3. The maximum atomic E-state index is 5.15. The monoisotopic (exact) mass is 218 g/mol. The molecule has 0 saturated heterocycles. The average Bonchev–Trinajstić information content (AvgIpc) is 2.40. The molecule has 80 valence electrons. The summed E-state index contributed by atoms with van der Waals surface area (Å²) in [4.78, 5) is 0. The van der Waals surface area contributed by atoms with E-state index in [0.29, 0.717) is 11.3 Å². The van der Waals surface area contributed by atoms with Gasteiger partial charge in [-0.05, 0) is 12.2 Å². The Bertz CT molecular complexity index is 354. The van der Waals surface area contributed by atoms with E-state index in [2.05, 4.69) is 5.10 Å². The second-order valence-corrected chi connectivity index (χ2v) is 3.42. The van der Waals surface area contributed by atoms with Gasteiger partial charge < -0.3 is 9.47 Å². The number of nitrogens with one attached hydrogen (secondary N) is 1. The van der Waals surface area contributed by atoms with Crippen molar-refractivity contribution in [2.45, 2.75) is 19.8 Å². The zero-order chi connectivity index (χ0) is 10.7. The summed E-state index contributed by atoms with van der Waals surface area (Å²) >= 11 is 5.15. The third kappa shape index (κ3) is 2.20. The molecule has 14 heavy (non-hydrogen) atoms. The van der Waals surface area contributed by atoms with Crippen molar-refractivity contribution >= 4 is 12.2 Å². The highest BCUT2D eigenvalue weighted by atomic mass is 32.1. The van der Waals surface area contributed by atoms with Gasteiger partial charge in [-0.15, -0.1) is 5.10 Å². The number of aromatic amines is 1. The van der Waals surface area contributed by atoms with Crippen molar-refractivity contribution in [1.82, 2.24) is 9.78 Å². The molecule has 0 aliphatic carbocycles. The lowest BCUT2D eigenvalue weighted by molar-refractivity contribution is -0.722. The fourth-order valence-corrected chi connectivity index (χ4v) is 1.57. The van der Waals surface area contributed by atoms with Gasteiger partial charge in [0.1, 0.15) is 6.54 Å². The Kier molecular flexibility index (Phi) is 3.79. The number of aryl methyl sites for hydroxylation is 1. The molecule has 0 fully saturated rings. The van der Waals surface area contributed by atoms with Crippen molar-refractivity contribution in [3.05, 3.63) is 10.6 Å². The maximum Gasteiger partial charge on any atom is 0.323 e. The molecule has 0 amide bonds. The zero-order valence-electron chi connectivity index (χ0n) is 8.90. The lowest BCUT2D eigenvalue weighted by Gasteiger charge is -2.11. The molecule has 0 aromatic carbocycles. The molecule has 0 bridgehead atoms. The highest BCUT2D eigenvalue weighted by Crippen LogP contribution is 1.94. The fraction of sp³-hybridized carbons (Fsp3) is 0.750. The van der Waals surface area contributed by atoms with Crippen LogP contribution >= 0.6 is 12.2 Å². The minimum Gasteiger partial charge on any atom is -0.353 e.